The Kier molecular flexibility index (Phi) is 3.36. The first-order chi connectivity index (χ1) is 9.61. The molecule has 0 unspecified atom stereocenters. The Hall–Kier alpha value is -2.00. The molecule has 0 atom stereocenters. The minimum Gasteiger partial charge on any atom is -0.455 e. The Labute approximate surface area is 126 Å². The van der Waals surface area contributed by atoms with Gasteiger partial charge in [0, 0.05) is 4.47 Å². The van der Waals surface area contributed by atoms with Crippen molar-refractivity contribution in [1.29, 1.82) is 0 Å². The quantitative estimate of drug-likeness (QED) is 0.649. The predicted molar refractivity (Wildman–Crippen MR) is 87.3 cm³/mol. The van der Waals surface area contributed by atoms with Gasteiger partial charge in [-0.2, -0.15) is 0 Å². The molecule has 0 heterocycles. The molecule has 0 aliphatic heterocycles. The molecule has 20 heavy (non-hydrogen) atoms. The molecule has 0 radical (unpaired) electrons. The first-order valence-electron chi connectivity index (χ1n) is 6.35. The fourth-order valence-electron chi connectivity index (χ4n) is 2.15. The number of rotatable bonds is 2. The van der Waals surface area contributed by atoms with Gasteiger partial charge in [-0.3, -0.25) is 0 Å². The highest BCUT2D eigenvalue weighted by Gasteiger charge is 2.03. The van der Waals surface area contributed by atoms with Crippen molar-refractivity contribution < 1.29 is 4.74 Å². The van der Waals surface area contributed by atoms with Crippen molar-refractivity contribution in [3.8, 4) is 11.5 Å². The van der Waals surface area contributed by atoms with Crippen LogP contribution in [0.2, 0.25) is 0 Å². The second-order valence-corrected chi connectivity index (χ2v) is 5.71. The van der Waals surface area contributed by atoms with E-state index in [9.17, 15) is 0 Å². The molecule has 0 spiro atoms. The standard InChI is InChI=1S/C17H14BrNO/c1-11-2-7-17(16(19)8-11)20-15-6-4-12-9-14(18)5-3-13(12)10-15/h2-10H,19H2,1H3. The Bertz CT molecular complexity index is 783. The summed E-state index contributed by atoms with van der Waals surface area (Å²) in [7, 11) is 0. The number of halogens is 1. The lowest BCUT2D eigenvalue weighted by molar-refractivity contribution is 0.486. The Balaban J connectivity index is 1.96. The molecule has 0 saturated carbocycles. The zero-order valence-corrected chi connectivity index (χ0v) is 12.6. The van der Waals surface area contributed by atoms with Gasteiger partial charge in [-0.05, 0) is 59.7 Å². The van der Waals surface area contributed by atoms with Crippen LogP contribution >= 0.6 is 15.9 Å². The van der Waals surface area contributed by atoms with Crippen molar-refractivity contribution in [3.05, 3.63) is 64.6 Å². The number of anilines is 1. The minimum absolute atomic E-state index is 0.654. The summed E-state index contributed by atoms with van der Waals surface area (Å²) in [6.07, 6.45) is 0. The van der Waals surface area contributed by atoms with E-state index in [0.717, 1.165) is 21.2 Å². The predicted octanol–water partition coefficient (Wildman–Crippen LogP) is 5.29. The highest BCUT2D eigenvalue weighted by molar-refractivity contribution is 9.10. The van der Waals surface area contributed by atoms with Crippen molar-refractivity contribution in [3.63, 3.8) is 0 Å². The SMILES string of the molecule is Cc1ccc(Oc2ccc3cc(Br)ccc3c2)c(N)c1. The molecule has 0 aliphatic rings. The summed E-state index contributed by atoms with van der Waals surface area (Å²) < 4.78 is 6.94. The van der Waals surface area contributed by atoms with E-state index in [2.05, 4.69) is 28.1 Å². The van der Waals surface area contributed by atoms with Gasteiger partial charge in [0.2, 0.25) is 0 Å². The van der Waals surface area contributed by atoms with Crippen LogP contribution in [-0.4, -0.2) is 0 Å². The van der Waals surface area contributed by atoms with E-state index >= 15 is 0 Å². The molecular weight excluding hydrogens is 314 g/mol. The average Bonchev–Trinajstić information content (AvgIpc) is 2.42. The third-order valence-corrected chi connectivity index (χ3v) is 3.66. The Morgan fingerprint density at radius 3 is 2.45 bits per heavy atom. The van der Waals surface area contributed by atoms with Crippen LogP contribution in [0.1, 0.15) is 5.56 Å². The van der Waals surface area contributed by atoms with Crippen molar-refractivity contribution in [2.24, 2.45) is 0 Å². The monoisotopic (exact) mass is 327 g/mol. The summed E-state index contributed by atoms with van der Waals surface area (Å²) in [4.78, 5) is 0. The van der Waals surface area contributed by atoms with E-state index in [1.54, 1.807) is 0 Å². The van der Waals surface area contributed by atoms with Gasteiger partial charge in [-0.15, -0.1) is 0 Å². The lowest BCUT2D eigenvalue weighted by atomic mass is 10.1. The van der Waals surface area contributed by atoms with E-state index in [4.69, 9.17) is 10.5 Å². The zero-order valence-electron chi connectivity index (χ0n) is 11.1. The number of benzene rings is 3. The van der Waals surface area contributed by atoms with E-state index in [0.29, 0.717) is 11.4 Å². The zero-order chi connectivity index (χ0) is 14.1. The van der Waals surface area contributed by atoms with Gasteiger partial charge in [0.1, 0.15) is 11.5 Å². The molecule has 100 valence electrons. The van der Waals surface area contributed by atoms with Crippen molar-refractivity contribution >= 4 is 32.4 Å². The molecule has 2 N–H and O–H groups in total. The third-order valence-electron chi connectivity index (χ3n) is 3.17. The number of hydrogen-bond donors (Lipinski definition) is 1. The summed E-state index contributed by atoms with van der Waals surface area (Å²) in [5.74, 6) is 1.47. The lowest BCUT2D eigenvalue weighted by Gasteiger charge is -2.10. The van der Waals surface area contributed by atoms with Crippen molar-refractivity contribution in [1.82, 2.24) is 0 Å². The molecule has 3 heteroatoms. The minimum atomic E-state index is 0.654. The third kappa shape index (κ3) is 2.63. The summed E-state index contributed by atoms with van der Waals surface area (Å²) in [6.45, 7) is 2.01. The number of fused-ring (bicyclic) bond motifs is 1. The van der Waals surface area contributed by atoms with Gasteiger partial charge in [0.15, 0.2) is 0 Å². The van der Waals surface area contributed by atoms with Gasteiger partial charge in [0.05, 0.1) is 5.69 Å². The molecule has 3 aromatic rings. The second kappa shape index (κ2) is 5.17. The Morgan fingerprint density at radius 2 is 1.65 bits per heavy atom. The van der Waals surface area contributed by atoms with Gasteiger partial charge in [0.25, 0.3) is 0 Å². The number of ether oxygens (including phenoxy) is 1. The van der Waals surface area contributed by atoms with Crippen molar-refractivity contribution in [2.75, 3.05) is 5.73 Å². The van der Waals surface area contributed by atoms with Crippen LogP contribution in [0.15, 0.2) is 59.1 Å². The van der Waals surface area contributed by atoms with E-state index in [1.807, 2.05) is 49.4 Å². The van der Waals surface area contributed by atoms with Crippen LogP contribution < -0.4 is 10.5 Å². The summed E-state index contributed by atoms with van der Waals surface area (Å²) in [6, 6.07) is 18.0. The van der Waals surface area contributed by atoms with Crippen LogP contribution in [0.3, 0.4) is 0 Å². The van der Waals surface area contributed by atoms with Gasteiger partial charge in [-0.1, -0.05) is 34.1 Å². The maximum absolute atomic E-state index is 5.97. The fourth-order valence-corrected chi connectivity index (χ4v) is 2.52. The number of aryl methyl sites for hydroxylation is 1. The molecule has 3 rings (SSSR count). The van der Waals surface area contributed by atoms with Crippen LogP contribution in [0.25, 0.3) is 10.8 Å². The average molecular weight is 328 g/mol. The number of nitrogen functional groups attached to an aromatic ring is 1. The normalized spacial score (nSPS) is 10.7. The molecule has 0 aliphatic carbocycles. The van der Waals surface area contributed by atoms with Crippen LogP contribution in [0.4, 0.5) is 5.69 Å². The smallest absolute Gasteiger partial charge is 0.150 e. The van der Waals surface area contributed by atoms with E-state index in [-0.39, 0.29) is 0 Å². The van der Waals surface area contributed by atoms with Crippen LogP contribution in [-0.2, 0) is 0 Å². The van der Waals surface area contributed by atoms with Gasteiger partial charge in [-0.25, -0.2) is 0 Å². The Morgan fingerprint density at radius 1 is 0.900 bits per heavy atom. The summed E-state index contributed by atoms with van der Waals surface area (Å²) >= 11 is 3.47. The highest BCUT2D eigenvalue weighted by Crippen LogP contribution is 2.30. The van der Waals surface area contributed by atoms with Crippen molar-refractivity contribution in [2.45, 2.75) is 6.92 Å². The van der Waals surface area contributed by atoms with Crippen LogP contribution in [0, 0.1) is 6.92 Å². The van der Waals surface area contributed by atoms with Crippen LogP contribution in [0.5, 0.6) is 11.5 Å². The first kappa shape index (κ1) is 13.0. The fraction of sp³-hybridized carbons (Fsp3) is 0.0588. The molecular formula is C17H14BrNO. The molecule has 0 bridgehead atoms. The lowest BCUT2D eigenvalue weighted by Crippen LogP contribution is -1.92. The maximum atomic E-state index is 5.97. The van der Waals surface area contributed by atoms with E-state index < -0.39 is 0 Å². The second-order valence-electron chi connectivity index (χ2n) is 4.80. The molecule has 2 nitrogen and oxygen atoms in total. The molecule has 0 saturated heterocycles. The molecule has 0 amide bonds. The largest absolute Gasteiger partial charge is 0.455 e. The molecule has 0 aromatic heterocycles. The number of hydrogen-bond acceptors (Lipinski definition) is 2. The van der Waals surface area contributed by atoms with Gasteiger partial charge >= 0.3 is 0 Å². The van der Waals surface area contributed by atoms with E-state index in [1.165, 1.54) is 5.39 Å². The first-order valence-corrected chi connectivity index (χ1v) is 7.14. The van der Waals surface area contributed by atoms with Gasteiger partial charge < -0.3 is 10.5 Å². The molecule has 0 fully saturated rings. The summed E-state index contributed by atoms with van der Waals surface area (Å²) in [5, 5.41) is 2.31. The summed E-state index contributed by atoms with van der Waals surface area (Å²) in [5.41, 5.74) is 7.75. The maximum Gasteiger partial charge on any atom is 0.150 e. The number of nitrogens with two attached hydrogens (primary N) is 1. The molecule has 3 aromatic carbocycles. The highest BCUT2D eigenvalue weighted by atomic mass is 79.9. The topological polar surface area (TPSA) is 35.2 Å².